The number of alkyl halides is 4. The van der Waals surface area contributed by atoms with Gasteiger partial charge in [0.1, 0.15) is 6.04 Å². The van der Waals surface area contributed by atoms with Crippen LogP contribution in [0.4, 0.5) is 13.2 Å². The van der Waals surface area contributed by atoms with Crippen LogP contribution in [0.1, 0.15) is 0 Å². The normalized spacial score (nSPS) is 16.1. The quantitative estimate of drug-likeness (QED) is 0.553. The Balaban J connectivity index is 3.62. The molecule has 0 fully saturated rings. The first-order valence-corrected chi connectivity index (χ1v) is 2.40. The van der Waals surface area contributed by atoms with Gasteiger partial charge in [0.05, 0.1) is 0 Å². The molecule has 0 amide bonds. The fourth-order valence-electron chi connectivity index (χ4n) is 0.0875. The number of nitrogens with two attached hydrogens (primary N) is 1. The average molecular weight is 148 g/mol. The summed E-state index contributed by atoms with van der Waals surface area (Å²) in [7, 11) is 0. The monoisotopic (exact) mass is 147 g/mol. The largest absolute Gasteiger partial charge is 0.404 e. The van der Waals surface area contributed by atoms with E-state index in [9.17, 15) is 13.2 Å². The van der Waals surface area contributed by atoms with E-state index in [4.69, 9.17) is 11.6 Å². The second-order valence-corrected chi connectivity index (χ2v) is 1.61. The van der Waals surface area contributed by atoms with Gasteiger partial charge in [0.15, 0.2) is 0 Å². The maximum absolute atomic E-state index is 11.2. The molecule has 0 rings (SSSR count). The van der Waals surface area contributed by atoms with Crippen molar-refractivity contribution in [1.29, 1.82) is 0 Å². The van der Waals surface area contributed by atoms with Gasteiger partial charge in [-0.05, 0) is 0 Å². The van der Waals surface area contributed by atoms with Crippen LogP contribution in [0.3, 0.4) is 0 Å². The SMILES string of the molecule is NC(CCl)C(F)(F)F. The first-order valence-electron chi connectivity index (χ1n) is 1.86. The van der Waals surface area contributed by atoms with E-state index in [1.807, 2.05) is 0 Å². The molecule has 50 valence electrons. The fourth-order valence-corrected chi connectivity index (χ4v) is 0.262. The standard InChI is InChI=1S/C3H5ClF3N/c4-1-2(8)3(5,6)7/h2H,1,8H2. The van der Waals surface area contributed by atoms with Crippen molar-refractivity contribution in [3.05, 3.63) is 0 Å². The Morgan fingerprint density at radius 1 is 1.50 bits per heavy atom. The highest BCUT2D eigenvalue weighted by molar-refractivity contribution is 6.18. The molecule has 0 aromatic rings. The molecule has 0 aliphatic rings. The molecule has 0 aliphatic carbocycles. The summed E-state index contributed by atoms with van der Waals surface area (Å²) >= 11 is 4.79. The molecule has 0 radical (unpaired) electrons. The Hall–Kier alpha value is 0.0400. The summed E-state index contributed by atoms with van der Waals surface area (Å²) in [5.74, 6) is -0.580. The zero-order chi connectivity index (χ0) is 6.78. The molecule has 1 nitrogen and oxygen atoms in total. The second kappa shape index (κ2) is 2.55. The van der Waals surface area contributed by atoms with Gasteiger partial charge in [-0.3, -0.25) is 0 Å². The maximum Gasteiger partial charge on any atom is 0.404 e. The van der Waals surface area contributed by atoms with Crippen LogP contribution in [-0.4, -0.2) is 18.1 Å². The van der Waals surface area contributed by atoms with Crippen LogP contribution in [0.5, 0.6) is 0 Å². The van der Waals surface area contributed by atoms with E-state index in [0.29, 0.717) is 0 Å². The lowest BCUT2D eigenvalue weighted by atomic mass is 10.4. The fraction of sp³-hybridized carbons (Fsp3) is 1.00. The molecule has 0 bridgehead atoms. The zero-order valence-corrected chi connectivity index (χ0v) is 4.63. The van der Waals surface area contributed by atoms with E-state index in [0.717, 1.165) is 0 Å². The van der Waals surface area contributed by atoms with Gasteiger partial charge in [-0.1, -0.05) is 0 Å². The van der Waals surface area contributed by atoms with Gasteiger partial charge in [-0.25, -0.2) is 0 Å². The minimum atomic E-state index is -4.35. The lowest BCUT2D eigenvalue weighted by Crippen LogP contribution is -2.38. The van der Waals surface area contributed by atoms with E-state index >= 15 is 0 Å². The van der Waals surface area contributed by atoms with Crippen LogP contribution < -0.4 is 5.73 Å². The van der Waals surface area contributed by atoms with Crippen molar-refractivity contribution in [1.82, 2.24) is 0 Å². The highest BCUT2D eigenvalue weighted by Gasteiger charge is 2.35. The highest BCUT2D eigenvalue weighted by atomic mass is 35.5. The number of rotatable bonds is 1. The molecule has 0 aromatic heterocycles. The molecule has 0 saturated heterocycles. The molecule has 1 atom stereocenters. The Bertz CT molecular complexity index is 71.4. The minimum Gasteiger partial charge on any atom is -0.319 e. The summed E-state index contributed by atoms with van der Waals surface area (Å²) in [6.07, 6.45) is -4.35. The van der Waals surface area contributed by atoms with Crippen LogP contribution in [0, 0.1) is 0 Å². The third-order valence-electron chi connectivity index (χ3n) is 0.587. The predicted octanol–water partition coefficient (Wildman–Crippen LogP) is 1.11. The zero-order valence-electron chi connectivity index (χ0n) is 3.87. The summed E-state index contributed by atoms with van der Waals surface area (Å²) in [5.41, 5.74) is 4.49. The summed E-state index contributed by atoms with van der Waals surface area (Å²) in [4.78, 5) is 0. The molecule has 2 N–H and O–H groups in total. The van der Waals surface area contributed by atoms with Crippen molar-refractivity contribution in [2.45, 2.75) is 12.2 Å². The van der Waals surface area contributed by atoms with Crippen LogP contribution in [-0.2, 0) is 0 Å². The predicted molar refractivity (Wildman–Crippen MR) is 24.8 cm³/mol. The summed E-state index contributed by atoms with van der Waals surface area (Å²) < 4.78 is 33.7. The third-order valence-corrected chi connectivity index (χ3v) is 0.919. The first kappa shape index (κ1) is 8.04. The van der Waals surface area contributed by atoms with Crippen molar-refractivity contribution in [2.75, 3.05) is 5.88 Å². The van der Waals surface area contributed by atoms with Gasteiger partial charge in [0.25, 0.3) is 0 Å². The summed E-state index contributed by atoms with van der Waals surface area (Å²) in [5, 5.41) is 0. The molecule has 8 heavy (non-hydrogen) atoms. The number of hydrogen-bond acceptors (Lipinski definition) is 1. The van der Waals surface area contributed by atoms with Crippen molar-refractivity contribution < 1.29 is 13.2 Å². The van der Waals surface area contributed by atoms with Gasteiger partial charge in [-0.2, -0.15) is 13.2 Å². The smallest absolute Gasteiger partial charge is 0.319 e. The van der Waals surface area contributed by atoms with Gasteiger partial charge in [-0.15, -0.1) is 11.6 Å². The summed E-state index contributed by atoms with van der Waals surface area (Å²) in [6.45, 7) is 0. The van der Waals surface area contributed by atoms with Crippen molar-refractivity contribution in [3.8, 4) is 0 Å². The molecular weight excluding hydrogens is 142 g/mol. The minimum absolute atomic E-state index is 0.580. The maximum atomic E-state index is 11.2. The molecular formula is C3H5ClF3N. The molecule has 5 heteroatoms. The molecule has 0 heterocycles. The molecule has 1 unspecified atom stereocenters. The van der Waals surface area contributed by atoms with E-state index < -0.39 is 18.1 Å². The lowest BCUT2D eigenvalue weighted by Gasteiger charge is -2.10. The van der Waals surface area contributed by atoms with Gasteiger partial charge in [0, 0.05) is 5.88 Å². The van der Waals surface area contributed by atoms with Gasteiger partial charge < -0.3 is 5.73 Å². The topological polar surface area (TPSA) is 26.0 Å². The molecule has 0 aliphatic heterocycles. The van der Waals surface area contributed by atoms with Crippen molar-refractivity contribution in [3.63, 3.8) is 0 Å². The Labute approximate surface area is 49.6 Å². The van der Waals surface area contributed by atoms with Crippen LogP contribution in [0.2, 0.25) is 0 Å². The van der Waals surface area contributed by atoms with E-state index in [1.165, 1.54) is 0 Å². The van der Waals surface area contributed by atoms with Gasteiger partial charge in [0.2, 0.25) is 0 Å². The molecule has 0 spiro atoms. The Morgan fingerprint density at radius 3 is 1.88 bits per heavy atom. The number of halogens is 4. The van der Waals surface area contributed by atoms with Gasteiger partial charge >= 0.3 is 6.18 Å². The lowest BCUT2D eigenvalue weighted by molar-refractivity contribution is -0.142. The average Bonchev–Trinajstić information content (AvgIpc) is 1.62. The van der Waals surface area contributed by atoms with E-state index in [1.54, 1.807) is 0 Å². The Kier molecular flexibility index (Phi) is 2.56. The highest BCUT2D eigenvalue weighted by Crippen LogP contribution is 2.18. The van der Waals surface area contributed by atoms with Crippen molar-refractivity contribution >= 4 is 11.6 Å². The van der Waals surface area contributed by atoms with E-state index in [-0.39, 0.29) is 0 Å². The Morgan fingerprint density at radius 2 is 1.88 bits per heavy atom. The molecule has 0 aromatic carbocycles. The second-order valence-electron chi connectivity index (χ2n) is 1.30. The van der Waals surface area contributed by atoms with E-state index in [2.05, 4.69) is 5.73 Å². The summed E-state index contributed by atoms with van der Waals surface area (Å²) in [6, 6.07) is -1.89. The van der Waals surface area contributed by atoms with Crippen molar-refractivity contribution in [2.24, 2.45) is 5.73 Å². The third kappa shape index (κ3) is 2.37. The van der Waals surface area contributed by atoms with Crippen LogP contribution in [0.15, 0.2) is 0 Å². The van der Waals surface area contributed by atoms with Crippen LogP contribution >= 0.6 is 11.6 Å². The molecule has 0 saturated carbocycles. The number of hydrogen-bond donors (Lipinski definition) is 1. The first-order chi connectivity index (χ1) is 3.48. The van der Waals surface area contributed by atoms with Crippen LogP contribution in [0.25, 0.3) is 0 Å².